The molecule has 0 atom stereocenters. The second kappa shape index (κ2) is 8.35. The molecule has 8 nitrogen and oxygen atoms in total. The monoisotopic (exact) mass is 439 g/mol. The Bertz CT molecular complexity index is 1180. The summed E-state index contributed by atoms with van der Waals surface area (Å²) < 4.78 is 28.3. The molecule has 2 aromatic heterocycles. The Kier molecular flexibility index (Phi) is 5.60. The van der Waals surface area contributed by atoms with Gasteiger partial charge in [0.15, 0.2) is 15.6 Å². The van der Waals surface area contributed by atoms with Gasteiger partial charge in [-0.2, -0.15) is 0 Å². The van der Waals surface area contributed by atoms with Crippen LogP contribution in [0.2, 0.25) is 0 Å². The number of piperazine rings is 1. The molecule has 1 aliphatic rings. The lowest BCUT2D eigenvalue weighted by atomic mass is 10.1. The zero-order valence-electron chi connectivity index (χ0n) is 16.9. The molecule has 3 heterocycles. The van der Waals surface area contributed by atoms with Crippen LogP contribution < -0.4 is 0 Å². The third-order valence-corrected chi connectivity index (χ3v) is 6.30. The molecular formula is C22H21N3O5S. The van der Waals surface area contributed by atoms with Gasteiger partial charge in [0.05, 0.1) is 22.4 Å². The number of pyridine rings is 1. The maximum atomic E-state index is 12.8. The number of aromatic nitrogens is 1. The van der Waals surface area contributed by atoms with Crippen LogP contribution >= 0.6 is 0 Å². The van der Waals surface area contributed by atoms with Crippen molar-refractivity contribution in [2.75, 3.05) is 32.4 Å². The number of amides is 2. The quantitative estimate of drug-likeness (QED) is 0.619. The van der Waals surface area contributed by atoms with E-state index in [4.69, 9.17) is 4.42 Å². The molecule has 160 valence electrons. The van der Waals surface area contributed by atoms with E-state index in [1.807, 2.05) is 0 Å². The third kappa shape index (κ3) is 4.51. The van der Waals surface area contributed by atoms with Crippen LogP contribution in [0.3, 0.4) is 0 Å². The van der Waals surface area contributed by atoms with Gasteiger partial charge in [-0.25, -0.2) is 8.42 Å². The van der Waals surface area contributed by atoms with Crippen molar-refractivity contribution in [3.05, 3.63) is 72.3 Å². The van der Waals surface area contributed by atoms with E-state index in [-0.39, 0.29) is 16.7 Å². The minimum absolute atomic E-state index is 0.142. The second-order valence-electron chi connectivity index (χ2n) is 7.29. The summed E-state index contributed by atoms with van der Waals surface area (Å²) >= 11 is 0. The first-order valence-corrected chi connectivity index (χ1v) is 11.6. The molecule has 0 aliphatic carbocycles. The zero-order valence-corrected chi connectivity index (χ0v) is 17.7. The van der Waals surface area contributed by atoms with Crippen LogP contribution in [0.25, 0.3) is 11.3 Å². The Morgan fingerprint density at radius 1 is 0.903 bits per heavy atom. The Balaban J connectivity index is 1.39. The number of sulfone groups is 1. The summed E-state index contributed by atoms with van der Waals surface area (Å²) in [6.45, 7) is 1.73. The number of furan rings is 1. The average Bonchev–Trinajstić information content (AvgIpc) is 3.33. The maximum absolute atomic E-state index is 12.8. The highest BCUT2D eigenvalue weighted by atomic mass is 32.2. The molecule has 4 rings (SSSR count). The van der Waals surface area contributed by atoms with Gasteiger partial charge in [0.1, 0.15) is 0 Å². The molecule has 1 fully saturated rings. The molecule has 2 amide bonds. The first-order valence-electron chi connectivity index (χ1n) is 9.71. The maximum Gasteiger partial charge on any atom is 0.289 e. The van der Waals surface area contributed by atoms with Crippen LogP contribution in [-0.4, -0.2) is 67.5 Å². The Morgan fingerprint density at radius 3 is 2.06 bits per heavy atom. The van der Waals surface area contributed by atoms with E-state index in [1.54, 1.807) is 46.2 Å². The van der Waals surface area contributed by atoms with Crippen LogP contribution in [-0.2, 0) is 9.84 Å². The fourth-order valence-corrected chi connectivity index (χ4v) is 4.05. The summed E-state index contributed by atoms with van der Waals surface area (Å²) in [5, 5.41) is 0. The fraction of sp³-hybridized carbons (Fsp3) is 0.227. The molecule has 1 saturated heterocycles. The highest BCUT2D eigenvalue weighted by molar-refractivity contribution is 7.90. The van der Waals surface area contributed by atoms with Crippen molar-refractivity contribution in [1.82, 2.24) is 14.8 Å². The van der Waals surface area contributed by atoms with Gasteiger partial charge in [0.2, 0.25) is 0 Å². The lowest BCUT2D eigenvalue weighted by molar-refractivity contribution is 0.0518. The summed E-state index contributed by atoms with van der Waals surface area (Å²) in [6, 6.07) is 13.2. The molecule has 0 spiro atoms. The number of carbonyl (C=O) groups excluding carboxylic acids is 2. The van der Waals surface area contributed by atoms with E-state index in [2.05, 4.69) is 4.98 Å². The van der Waals surface area contributed by atoms with Gasteiger partial charge in [-0.3, -0.25) is 14.6 Å². The van der Waals surface area contributed by atoms with Gasteiger partial charge in [-0.1, -0.05) is 12.1 Å². The Hall–Kier alpha value is -3.46. The van der Waals surface area contributed by atoms with E-state index in [0.29, 0.717) is 43.2 Å². The van der Waals surface area contributed by atoms with Gasteiger partial charge in [0, 0.05) is 44.2 Å². The number of nitrogens with zero attached hydrogens (tertiary/aromatic N) is 3. The predicted octanol–water partition coefficient (Wildman–Crippen LogP) is 2.34. The standard InChI is InChI=1S/C22H21N3O5S/c1-31(28,29)18-7-4-16(5-8-18)19-9-6-17(15-23-19)21(26)24-10-12-25(13-11-24)22(27)20-3-2-14-30-20/h2-9,14-15H,10-13H2,1H3. The Labute approximate surface area is 180 Å². The molecule has 0 N–H and O–H groups in total. The van der Waals surface area contributed by atoms with E-state index < -0.39 is 9.84 Å². The summed E-state index contributed by atoms with van der Waals surface area (Å²) in [5.41, 5.74) is 1.87. The summed E-state index contributed by atoms with van der Waals surface area (Å²) in [5.74, 6) is -0.0225. The van der Waals surface area contributed by atoms with Crippen LogP contribution in [0, 0.1) is 0 Å². The molecule has 0 bridgehead atoms. The van der Waals surface area contributed by atoms with Crippen molar-refractivity contribution >= 4 is 21.7 Å². The Morgan fingerprint density at radius 2 is 1.55 bits per heavy atom. The van der Waals surface area contributed by atoms with E-state index in [1.165, 1.54) is 24.6 Å². The molecule has 0 saturated carbocycles. The third-order valence-electron chi connectivity index (χ3n) is 5.17. The van der Waals surface area contributed by atoms with Crippen molar-refractivity contribution in [3.63, 3.8) is 0 Å². The molecular weight excluding hydrogens is 418 g/mol. The van der Waals surface area contributed by atoms with Gasteiger partial charge < -0.3 is 14.2 Å². The molecule has 1 aromatic carbocycles. The number of hydrogen-bond acceptors (Lipinski definition) is 6. The summed E-state index contributed by atoms with van der Waals surface area (Å²) in [4.78, 5) is 33.1. The van der Waals surface area contributed by atoms with Crippen LogP contribution in [0.15, 0.2) is 70.3 Å². The van der Waals surface area contributed by atoms with Crippen molar-refractivity contribution in [1.29, 1.82) is 0 Å². The minimum Gasteiger partial charge on any atom is -0.459 e. The van der Waals surface area contributed by atoms with Crippen molar-refractivity contribution in [3.8, 4) is 11.3 Å². The minimum atomic E-state index is -3.25. The topological polar surface area (TPSA) is 101 Å². The van der Waals surface area contributed by atoms with Crippen LogP contribution in [0.4, 0.5) is 0 Å². The number of carbonyl (C=O) groups is 2. The van der Waals surface area contributed by atoms with Crippen molar-refractivity contribution in [2.24, 2.45) is 0 Å². The first-order chi connectivity index (χ1) is 14.8. The van der Waals surface area contributed by atoms with Gasteiger partial charge in [-0.15, -0.1) is 0 Å². The second-order valence-corrected chi connectivity index (χ2v) is 9.31. The van der Waals surface area contributed by atoms with Crippen molar-refractivity contribution in [2.45, 2.75) is 4.90 Å². The van der Waals surface area contributed by atoms with Gasteiger partial charge >= 0.3 is 0 Å². The first kappa shape index (κ1) is 20.8. The zero-order chi connectivity index (χ0) is 22.0. The molecule has 31 heavy (non-hydrogen) atoms. The van der Waals surface area contributed by atoms with Gasteiger partial charge in [-0.05, 0) is 36.4 Å². The highest BCUT2D eigenvalue weighted by Crippen LogP contribution is 2.20. The van der Waals surface area contributed by atoms with E-state index in [9.17, 15) is 18.0 Å². The molecule has 0 radical (unpaired) electrons. The van der Waals surface area contributed by atoms with Crippen molar-refractivity contribution < 1.29 is 22.4 Å². The fourth-order valence-electron chi connectivity index (χ4n) is 3.42. The van der Waals surface area contributed by atoms with Crippen LogP contribution in [0.5, 0.6) is 0 Å². The highest BCUT2D eigenvalue weighted by Gasteiger charge is 2.26. The van der Waals surface area contributed by atoms with E-state index >= 15 is 0 Å². The predicted molar refractivity (Wildman–Crippen MR) is 113 cm³/mol. The summed E-state index contributed by atoms with van der Waals surface area (Å²) in [7, 11) is -3.25. The number of benzene rings is 1. The van der Waals surface area contributed by atoms with E-state index in [0.717, 1.165) is 11.8 Å². The molecule has 1 aliphatic heterocycles. The summed E-state index contributed by atoms with van der Waals surface area (Å²) in [6.07, 6.45) is 4.14. The largest absolute Gasteiger partial charge is 0.459 e. The molecule has 9 heteroatoms. The van der Waals surface area contributed by atoms with Gasteiger partial charge in [0.25, 0.3) is 11.8 Å². The molecule has 0 unspecified atom stereocenters. The average molecular weight is 439 g/mol. The number of hydrogen-bond donors (Lipinski definition) is 0. The molecule has 3 aromatic rings. The normalized spacial score (nSPS) is 14.5. The lowest BCUT2D eigenvalue weighted by Gasteiger charge is -2.34. The van der Waals surface area contributed by atoms with Crippen LogP contribution in [0.1, 0.15) is 20.9 Å². The lowest BCUT2D eigenvalue weighted by Crippen LogP contribution is -2.50. The smallest absolute Gasteiger partial charge is 0.289 e. The number of rotatable bonds is 4. The SMILES string of the molecule is CS(=O)(=O)c1ccc(-c2ccc(C(=O)N3CCN(C(=O)c4ccco4)CC3)cn2)cc1.